The van der Waals surface area contributed by atoms with Crippen LogP contribution in [-0.2, 0) is 6.54 Å². The van der Waals surface area contributed by atoms with Crippen molar-refractivity contribution in [3.63, 3.8) is 0 Å². The molecule has 0 N–H and O–H groups in total. The fraction of sp³-hybridized carbons (Fsp3) is 0.0769. The lowest BCUT2D eigenvalue weighted by Crippen LogP contribution is -2.00. The smallest absolute Gasteiger partial charge is 0.116 e. The summed E-state index contributed by atoms with van der Waals surface area (Å²) in [7, 11) is 0. The molecule has 3 nitrogen and oxygen atoms in total. The largest absolute Gasteiger partial charge is 0.348 e. The van der Waals surface area contributed by atoms with E-state index in [0.29, 0.717) is 0 Å². The van der Waals surface area contributed by atoms with E-state index in [-0.39, 0.29) is 0 Å². The summed E-state index contributed by atoms with van der Waals surface area (Å²) in [6.07, 6.45) is 5.65. The Bertz CT molecular complexity index is 557. The third-order valence-corrected chi connectivity index (χ3v) is 2.58. The molecule has 2 aliphatic rings. The van der Waals surface area contributed by atoms with Gasteiger partial charge in [-0.1, -0.05) is 30.3 Å². The zero-order valence-electron chi connectivity index (χ0n) is 8.74. The molecule has 0 unspecified atom stereocenters. The average Bonchev–Trinajstić information content (AvgIpc) is 2.77. The van der Waals surface area contributed by atoms with Gasteiger partial charge in [0.15, 0.2) is 0 Å². The van der Waals surface area contributed by atoms with E-state index in [0.717, 1.165) is 17.9 Å². The van der Waals surface area contributed by atoms with Gasteiger partial charge < -0.3 is 4.57 Å². The van der Waals surface area contributed by atoms with Crippen LogP contribution in [0.4, 0.5) is 0 Å². The number of hydrogen-bond acceptors (Lipinski definition) is 2. The summed E-state index contributed by atoms with van der Waals surface area (Å²) < 4.78 is 2.12. The molecule has 0 spiro atoms. The molecule has 0 saturated heterocycles. The Kier molecular flexibility index (Phi) is 2.14. The Labute approximate surface area is 93.7 Å². The lowest BCUT2D eigenvalue weighted by Gasteiger charge is -2.07. The summed E-state index contributed by atoms with van der Waals surface area (Å²) in [5.41, 5.74) is 3.18. The van der Waals surface area contributed by atoms with Crippen molar-refractivity contribution in [2.24, 2.45) is 0 Å². The third-order valence-electron chi connectivity index (χ3n) is 2.58. The van der Waals surface area contributed by atoms with Gasteiger partial charge in [-0.15, -0.1) is 0 Å². The van der Waals surface area contributed by atoms with E-state index < -0.39 is 0 Å². The van der Waals surface area contributed by atoms with Crippen molar-refractivity contribution in [1.29, 1.82) is 0 Å². The molecule has 0 bridgehead atoms. The first-order valence-electron chi connectivity index (χ1n) is 5.22. The van der Waals surface area contributed by atoms with Gasteiger partial charge in [0.05, 0.1) is 5.69 Å². The second-order valence-corrected chi connectivity index (χ2v) is 3.75. The zero-order chi connectivity index (χ0) is 10.8. The van der Waals surface area contributed by atoms with Gasteiger partial charge in [0, 0.05) is 18.9 Å². The molecule has 16 heavy (non-hydrogen) atoms. The summed E-state index contributed by atoms with van der Waals surface area (Å²) in [6.45, 7) is 0.865. The highest BCUT2D eigenvalue weighted by atomic mass is 15.0. The van der Waals surface area contributed by atoms with Gasteiger partial charge in [-0.05, 0) is 11.6 Å². The number of fused-ring (bicyclic) bond motifs is 1. The first kappa shape index (κ1) is 9.09. The monoisotopic (exact) mass is 209 g/mol. The van der Waals surface area contributed by atoms with Crippen molar-refractivity contribution in [1.82, 2.24) is 14.5 Å². The number of aromatic nitrogens is 3. The van der Waals surface area contributed by atoms with E-state index in [4.69, 9.17) is 0 Å². The van der Waals surface area contributed by atoms with Gasteiger partial charge in [0.25, 0.3) is 0 Å². The van der Waals surface area contributed by atoms with Gasteiger partial charge in [-0.2, -0.15) is 0 Å². The second kappa shape index (κ2) is 3.77. The van der Waals surface area contributed by atoms with Crippen LogP contribution in [0.3, 0.4) is 0 Å². The Morgan fingerprint density at radius 2 is 1.75 bits per heavy atom. The molecule has 78 valence electrons. The summed E-state index contributed by atoms with van der Waals surface area (Å²) in [5, 5.41) is 0. The molecule has 0 radical (unpaired) electrons. The van der Waals surface area contributed by atoms with Crippen LogP contribution in [0.2, 0.25) is 0 Å². The minimum atomic E-state index is 0.865. The molecule has 1 aromatic carbocycles. The van der Waals surface area contributed by atoms with Crippen LogP contribution in [0, 0.1) is 0 Å². The molecule has 1 aromatic rings. The quantitative estimate of drug-likeness (QED) is 0.649. The number of rotatable bonds is 2. The van der Waals surface area contributed by atoms with E-state index in [1.807, 2.05) is 24.5 Å². The molecular weight excluding hydrogens is 198 g/mol. The number of hydrogen-bond donors (Lipinski definition) is 0. The van der Waals surface area contributed by atoms with Crippen molar-refractivity contribution in [2.75, 3.05) is 0 Å². The Balaban J connectivity index is 1.93. The van der Waals surface area contributed by atoms with Crippen LogP contribution < -0.4 is 0 Å². The van der Waals surface area contributed by atoms with Gasteiger partial charge in [0.2, 0.25) is 0 Å². The van der Waals surface area contributed by atoms with Crippen molar-refractivity contribution in [3.05, 3.63) is 60.7 Å². The van der Waals surface area contributed by atoms with Crippen LogP contribution >= 0.6 is 0 Å². The van der Waals surface area contributed by atoms with Crippen molar-refractivity contribution >= 4 is 0 Å². The summed E-state index contributed by atoms with van der Waals surface area (Å²) >= 11 is 0. The van der Waals surface area contributed by atoms with Crippen LogP contribution in [0.25, 0.3) is 11.4 Å². The molecule has 0 fully saturated rings. The lowest BCUT2D eigenvalue weighted by molar-refractivity contribution is 0.789. The Morgan fingerprint density at radius 3 is 2.62 bits per heavy atom. The molecule has 0 amide bonds. The molecule has 0 saturated carbocycles. The minimum Gasteiger partial charge on any atom is -0.348 e. The van der Waals surface area contributed by atoms with Crippen LogP contribution in [0.5, 0.6) is 0 Å². The standard InChI is InChI=1S/C13H11N3/c1-2-4-11(5-3-1)8-16-7-6-12-13(9-16)15-10-14-12/h1-7,9-10H,8H2. The van der Waals surface area contributed by atoms with E-state index in [1.165, 1.54) is 5.56 Å². The third kappa shape index (κ3) is 1.67. The Morgan fingerprint density at radius 1 is 0.938 bits per heavy atom. The predicted molar refractivity (Wildman–Crippen MR) is 62.2 cm³/mol. The fourth-order valence-corrected chi connectivity index (χ4v) is 1.77. The normalized spacial score (nSPS) is 10.8. The number of imidazole rings is 1. The SMILES string of the molecule is c1ccc(Cn2ccc3ncnc-3c2)cc1. The molecule has 2 heterocycles. The second-order valence-electron chi connectivity index (χ2n) is 3.75. The molecule has 2 aliphatic heterocycles. The molecule has 0 aliphatic carbocycles. The van der Waals surface area contributed by atoms with Crippen LogP contribution in [0.1, 0.15) is 5.56 Å². The first-order valence-corrected chi connectivity index (χ1v) is 5.22. The number of nitrogens with zero attached hydrogens (tertiary/aromatic N) is 3. The van der Waals surface area contributed by atoms with Gasteiger partial charge >= 0.3 is 0 Å². The van der Waals surface area contributed by atoms with E-state index in [1.54, 1.807) is 6.33 Å². The van der Waals surface area contributed by atoms with E-state index in [9.17, 15) is 0 Å². The maximum atomic E-state index is 4.19. The minimum absolute atomic E-state index is 0.865. The van der Waals surface area contributed by atoms with Crippen LogP contribution in [0.15, 0.2) is 55.1 Å². The van der Waals surface area contributed by atoms with Crippen LogP contribution in [-0.4, -0.2) is 14.5 Å². The summed E-state index contributed by atoms with van der Waals surface area (Å²) in [6, 6.07) is 12.4. The number of benzene rings is 1. The lowest BCUT2D eigenvalue weighted by atomic mass is 10.2. The highest BCUT2D eigenvalue weighted by Crippen LogP contribution is 2.15. The summed E-state index contributed by atoms with van der Waals surface area (Å²) in [4.78, 5) is 8.33. The van der Waals surface area contributed by atoms with Crippen molar-refractivity contribution in [3.8, 4) is 11.4 Å². The predicted octanol–water partition coefficient (Wildman–Crippen LogP) is 2.43. The maximum Gasteiger partial charge on any atom is 0.116 e. The number of pyridine rings is 1. The highest BCUT2D eigenvalue weighted by molar-refractivity contribution is 5.53. The maximum absolute atomic E-state index is 4.19. The molecule has 0 atom stereocenters. The van der Waals surface area contributed by atoms with E-state index >= 15 is 0 Å². The molecule has 3 heteroatoms. The van der Waals surface area contributed by atoms with Gasteiger partial charge in [0.1, 0.15) is 12.0 Å². The summed E-state index contributed by atoms with van der Waals surface area (Å²) in [5.74, 6) is 0. The molecular formula is C13H11N3. The fourth-order valence-electron chi connectivity index (χ4n) is 1.77. The van der Waals surface area contributed by atoms with Gasteiger partial charge in [-0.3, -0.25) is 0 Å². The van der Waals surface area contributed by atoms with Crippen molar-refractivity contribution in [2.45, 2.75) is 6.54 Å². The topological polar surface area (TPSA) is 30.7 Å². The highest BCUT2D eigenvalue weighted by Gasteiger charge is 2.04. The average molecular weight is 209 g/mol. The zero-order valence-corrected chi connectivity index (χ0v) is 8.74. The van der Waals surface area contributed by atoms with E-state index in [2.05, 4.69) is 38.8 Å². The molecule has 0 aromatic heterocycles. The van der Waals surface area contributed by atoms with Crippen molar-refractivity contribution < 1.29 is 0 Å². The van der Waals surface area contributed by atoms with Gasteiger partial charge in [-0.25, -0.2) is 9.97 Å². The first-order chi connectivity index (χ1) is 7.92. The molecule has 3 rings (SSSR count). The Hall–Kier alpha value is -2.16.